The van der Waals surface area contributed by atoms with Crippen LogP contribution in [0.15, 0.2) is 83.7 Å². The van der Waals surface area contributed by atoms with Crippen LogP contribution in [0.4, 0.5) is 5.13 Å². The first kappa shape index (κ1) is 20.1. The monoisotopic (exact) mass is 440 g/mol. The van der Waals surface area contributed by atoms with Crippen LogP contribution in [0, 0.1) is 0 Å². The van der Waals surface area contributed by atoms with E-state index in [2.05, 4.69) is 10.1 Å². The molecule has 0 unspecified atom stereocenters. The summed E-state index contributed by atoms with van der Waals surface area (Å²) in [4.78, 5) is 33.1. The molecular formula is C25H20N4O2S. The van der Waals surface area contributed by atoms with Crippen molar-refractivity contribution in [3.8, 4) is 0 Å². The summed E-state index contributed by atoms with van der Waals surface area (Å²) in [6.45, 7) is 2.64. The maximum Gasteiger partial charge on any atom is 0.281 e. The van der Waals surface area contributed by atoms with E-state index in [-0.39, 0.29) is 23.7 Å². The van der Waals surface area contributed by atoms with E-state index in [1.54, 1.807) is 23.1 Å². The van der Waals surface area contributed by atoms with Gasteiger partial charge >= 0.3 is 0 Å². The third kappa shape index (κ3) is 3.56. The van der Waals surface area contributed by atoms with Crippen molar-refractivity contribution >= 4 is 43.4 Å². The average molecular weight is 441 g/mol. The summed E-state index contributed by atoms with van der Waals surface area (Å²) in [6.07, 6.45) is 0. The fourth-order valence-corrected chi connectivity index (χ4v) is 4.75. The van der Waals surface area contributed by atoms with Gasteiger partial charge in [0.1, 0.15) is 0 Å². The molecule has 0 saturated heterocycles. The van der Waals surface area contributed by atoms with Gasteiger partial charge in [0, 0.05) is 11.9 Å². The third-order valence-electron chi connectivity index (χ3n) is 5.32. The first-order valence-electron chi connectivity index (χ1n) is 10.4. The van der Waals surface area contributed by atoms with Gasteiger partial charge in [0.05, 0.1) is 22.1 Å². The maximum atomic E-state index is 13.7. The Morgan fingerprint density at radius 1 is 0.938 bits per heavy atom. The number of hydrogen-bond donors (Lipinski definition) is 0. The second-order valence-electron chi connectivity index (χ2n) is 7.36. The quantitative estimate of drug-likeness (QED) is 0.397. The first-order valence-corrected chi connectivity index (χ1v) is 11.2. The number of rotatable bonds is 5. The van der Waals surface area contributed by atoms with Crippen LogP contribution in [0.3, 0.4) is 0 Å². The van der Waals surface area contributed by atoms with Crippen molar-refractivity contribution in [2.24, 2.45) is 0 Å². The van der Waals surface area contributed by atoms with Crippen molar-refractivity contribution in [1.29, 1.82) is 0 Å². The number of thiazole rings is 1. The second kappa shape index (κ2) is 8.36. The number of para-hydroxylation sites is 1. The van der Waals surface area contributed by atoms with E-state index < -0.39 is 0 Å². The highest BCUT2D eigenvalue weighted by Crippen LogP contribution is 2.30. The number of amides is 1. The van der Waals surface area contributed by atoms with Crippen LogP contribution in [0.1, 0.15) is 23.0 Å². The Labute approximate surface area is 188 Å². The summed E-state index contributed by atoms with van der Waals surface area (Å²) in [5.41, 5.74) is 1.82. The Hall–Kier alpha value is -3.84. The Morgan fingerprint density at radius 3 is 2.38 bits per heavy atom. The van der Waals surface area contributed by atoms with Crippen molar-refractivity contribution in [3.63, 3.8) is 0 Å². The lowest BCUT2D eigenvalue weighted by Crippen LogP contribution is -2.34. The maximum absolute atomic E-state index is 13.7. The molecule has 0 bridgehead atoms. The number of aromatic nitrogens is 3. The Balaban J connectivity index is 1.63. The van der Waals surface area contributed by atoms with Crippen molar-refractivity contribution in [3.05, 3.63) is 100 Å². The summed E-state index contributed by atoms with van der Waals surface area (Å²) in [6, 6.07) is 24.6. The van der Waals surface area contributed by atoms with Crippen LogP contribution in [-0.4, -0.2) is 27.2 Å². The predicted octanol–water partition coefficient (Wildman–Crippen LogP) is 4.72. The Bertz CT molecular complexity index is 1460. The molecule has 3 aromatic carbocycles. The normalized spacial score (nSPS) is 11.2. The molecule has 2 aromatic heterocycles. The molecule has 0 spiro atoms. The molecule has 2 heterocycles. The van der Waals surface area contributed by atoms with Gasteiger partial charge in [-0.3, -0.25) is 14.5 Å². The smallest absolute Gasteiger partial charge is 0.281 e. The van der Waals surface area contributed by atoms with Gasteiger partial charge in [-0.15, -0.1) is 0 Å². The van der Waals surface area contributed by atoms with Crippen LogP contribution >= 0.6 is 11.3 Å². The van der Waals surface area contributed by atoms with Crippen molar-refractivity contribution in [2.45, 2.75) is 13.5 Å². The van der Waals surface area contributed by atoms with Crippen LogP contribution < -0.4 is 10.5 Å². The van der Waals surface area contributed by atoms with Crippen molar-refractivity contribution < 1.29 is 4.79 Å². The van der Waals surface area contributed by atoms with E-state index in [4.69, 9.17) is 0 Å². The van der Waals surface area contributed by atoms with Gasteiger partial charge in [0.25, 0.3) is 11.5 Å². The van der Waals surface area contributed by atoms with Crippen LogP contribution in [0.5, 0.6) is 0 Å². The lowest BCUT2D eigenvalue weighted by atomic mass is 10.1. The zero-order valence-corrected chi connectivity index (χ0v) is 18.2. The predicted molar refractivity (Wildman–Crippen MR) is 129 cm³/mol. The van der Waals surface area contributed by atoms with E-state index in [1.165, 1.54) is 16.0 Å². The highest BCUT2D eigenvalue weighted by molar-refractivity contribution is 7.22. The molecule has 158 valence electrons. The highest BCUT2D eigenvalue weighted by atomic mass is 32.1. The minimum Gasteiger partial charge on any atom is -0.283 e. The molecule has 0 aliphatic heterocycles. The molecule has 5 aromatic rings. The van der Waals surface area contributed by atoms with E-state index in [1.807, 2.05) is 67.6 Å². The van der Waals surface area contributed by atoms with Gasteiger partial charge in [-0.1, -0.05) is 72.0 Å². The molecule has 0 saturated carbocycles. The summed E-state index contributed by atoms with van der Waals surface area (Å²) in [5.74, 6) is -0.274. The fraction of sp³-hybridized carbons (Fsp3) is 0.120. The number of fused-ring (bicyclic) bond motifs is 2. The molecule has 6 nitrogen and oxygen atoms in total. The lowest BCUT2D eigenvalue weighted by molar-refractivity contribution is 0.0983. The highest BCUT2D eigenvalue weighted by Gasteiger charge is 2.24. The Morgan fingerprint density at radius 2 is 1.62 bits per heavy atom. The van der Waals surface area contributed by atoms with Crippen LogP contribution in [0.2, 0.25) is 0 Å². The molecule has 0 fully saturated rings. The summed E-state index contributed by atoms with van der Waals surface area (Å²) in [5, 5.41) is 6.17. The van der Waals surface area contributed by atoms with Crippen molar-refractivity contribution in [1.82, 2.24) is 14.8 Å². The van der Waals surface area contributed by atoms with Crippen LogP contribution in [0.25, 0.3) is 21.0 Å². The van der Waals surface area contributed by atoms with E-state index in [9.17, 15) is 9.59 Å². The van der Waals surface area contributed by atoms with Gasteiger partial charge < -0.3 is 0 Å². The number of anilines is 1. The molecule has 0 aliphatic carbocycles. The largest absolute Gasteiger partial charge is 0.283 e. The molecule has 1 amide bonds. The van der Waals surface area contributed by atoms with Crippen molar-refractivity contribution in [2.75, 3.05) is 11.4 Å². The first-order chi connectivity index (χ1) is 15.7. The minimum atomic E-state index is -0.274. The number of carbonyl (C=O) groups is 1. The fourth-order valence-electron chi connectivity index (χ4n) is 3.73. The Kier molecular flexibility index (Phi) is 5.25. The molecule has 5 rings (SSSR count). The lowest BCUT2D eigenvalue weighted by Gasteiger charge is -2.19. The molecule has 0 N–H and O–H groups in total. The van der Waals surface area contributed by atoms with E-state index in [0.717, 1.165) is 15.8 Å². The third-order valence-corrected chi connectivity index (χ3v) is 6.38. The van der Waals surface area contributed by atoms with Gasteiger partial charge in [0.15, 0.2) is 10.8 Å². The summed E-state index contributed by atoms with van der Waals surface area (Å²) in [7, 11) is 0. The second-order valence-corrected chi connectivity index (χ2v) is 8.37. The van der Waals surface area contributed by atoms with E-state index in [0.29, 0.717) is 22.4 Å². The topological polar surface area (TPSA) is 68.1 Å². The number of carbonyl (C=O) groups excluding carboxylic acids is 1. The molecule has 0 radical (unpaired) electrons. The number of benzene rings is 3. The zero-order chi connectivity index (χ0) is 22.1. The molecular weight excluding hydrogens is 420 g/mol. The summed E-state index contributed by atoms with van der Waals surface area (Å²) >= 11 is 1.47. The van der Waals surface area contributed by atoms with Crippen LogP contribution in [-0.2, 0) is 6.54 Å². The van der Waals surface area contributed by atoms with Gasteiger partial charge in [-0.2, -0.15) is 5.10 Å². The van der Waals surface area contributed by atoms with Gasteiger partial charge in [-0.25, -0.2) is 9.67 Å². The SMILES string of the molecule is CCN(C(=O)c1nn(Cc2ccccc2)c(=O)c2ccccc12)c1nc2ccccc2s1. The molecule has 7 heteroatoms. The zero-order valence-electron chi connectivity index (χ0n) is 17.4. The van der Waals surface area contributed by atoms with E-state index >= 15 is 0 Å². The standard InChI is InChI=1S/C25H20N4O2S/c1-2-28(25-26-20-14-8-9-15-21(20)32-25)24(31)22-18-12-6-7-13-19(18)23(30)29(27-22)16-17-10-4-3-5-11-17/h3-15H,2,16H2,1H3. The number of hydrogen-bond acceptors (Lipinski definition) is 5. The molecule has 0 aliphatic rings. The van der Waals surface area contributed by atoms with Gasteiger partial charge in [-0.05, 0) is 30.7 Å². The summed E-state index contributed by atoms with van der Waals surface area (Å²) < 4.78 is 2.39. The number of nitrogens with zero attached hydrogens (tertiary/aromatic N) is 4. The van der Waals surface area contributed by atoms with Gasteiger partial charge in [0.2, 0.25) is 0 Å². The minimum absolute atomic E-state index is 0.218. The molecule has 32 heavy (non-hydrogen) atoms. The average Bonchev–Trinajstić information content (AvgIpc) is 3.26. The molecule has 0 atom stereocenters.